The molecule has 3 N–H and O–H groups in total. The van der Waals surface area contributed by atoms with Crippen LogP contribution >= 0.6 is 0 Å². The predicted octanol–water partition coefficient (Wildman–Crippen LogP) is -0.336. The van der Waals surface area contributed by atoms with Gasteiger partial charge in [-0.1, -0.05) is 0 Å². The molecule has 11 nitrogen and oxygen atoms in total. The Labute approximate surface area is 151 Å². The van der Waals surface area contributed by atoms with E-state index in [1.807, 2.05) is 0 Å². The highest BCUT2D eigenvalue weighted by molar-refractivity contribution is 5.32. The van der Waals surface area contributed by atoms with Crippen molar-refractivity contribution in [2.45, 2.75) is 31.5 Å². The molecule has 0 aliphatic carbocycles. The fraction of sp³-hybridized carbons (Fsp3) is 0.375. The number of aliphatic hydroxyl groups excluding tert-OH is 2. The van der Waals surface area contributed by atoms with Crippen LogP contribution in [0.5, 0.6) is 5.75 Å². The summed E-state index contributed by atoms with van der Waals surface area (Å²) in [7, 11) is 0. The van der Waals surface area contributed by atoms with Gasteiger partial charge in [0, 0.05) is 18.6 Å². The second-order valence-corrected chi connectivity index (χ2v) is 5.99. The number of hydrogen-bond acceptors (Lipinski definition) is 8. The lowest BCUT2D eigenvalue weighted by Crippen LogP contribution is -2.33. The summed E-state index contributed by atoms with van der Waals surface area (Å²) in [5.41, 5.74) is -0.958. The van der Waals surface area contributed by atoms with E-state index in [9.17, 15) is 24.8 Å². The van der Waals surface area contributed by atoms with Crippen LogP contribution in [0.3, 0.4) is 0 Å². The molecule has 0 saturated carbocycles. The van der Waals surface area contributed by atoms with Gasteiger partial charge in [0.15, 0.2) is 0 Å². The highest BCUT2D eigenvalue weighted by Gasteiger charge is 2.35. The molecule has 1 aromatic heterocycles. The number of aliphatic hydroxyl groups is 2. The van der Waals surface area contributed by atoms with Crippen LogP contribution in [0, 0.1) is 10.1 Å². The van der Waals surface area contributed by atoms with Crippen molar-refractivity contribution in [1.82, 2.24) is 9.55 Å². The van der Waals surface area contributed by atoms with Gasteiger partial charge in [-0.25, -0.2) is 4.79 Å². The first-order valence-corrected chi connectivity index (χ1v) is 8.05. The SMILES string of the molecule is O=c1[nH]c(=O)n([C@H]2C[C@H](O)[C@@H](CO)O2)cc1OCc1ccc([N+](=O)[O-])cc1. The monoisotopic (exact) mass is 379 g/mol. The van der Waals surface area contributed by atoms with Gasteiger partial charge in [-0.3, -0.25) is 24.5 Å². The van der Waals surface area contributed by atoms with Crippen molar-refractivity contribution in [2.24, 2.45) is 0 Å². The summed E-state index contributed by atoms with van der Waals surface area (Å²) in [6.07, 6.45) is -1.38. The van der Waals surface area contributed by atoms with Crippen LogP contribution in [0.25, 0.3) is 0 Å². The average molecular weight is 379 g/mol. The average Bonchev–Trinajstić information content (AvgIpc) is 3.02. The van der Waals surface area contributed by atoms with Crippen LogP contribution in [-0.4, -0.2) is 43.5 Å². The summed E-state index contributed by atoms with van der Waals surface area (Å²) < 4.78 is 11.9. The number of rotatable bonds is 6. The summed E-state index contributed by atoms with van der Waals surface area (Å²) in [6, 6.07) is 5.61. The zero-order chi connectivity index (χ0) is 19.6. The Morgan fingerprint density at radius 1 is 1.33 bits per heavy atom. The molecule has 11 heteroatoms. The zero-order valence-corrected chi connectivity index (χ0v) is 14.0. The fourth-order valence-corrected chi connectivity index (χ4v) is 2.71. The molecule has 0 radical (unpaired) electrons. The molecule has 0 bridgehead atoms. The van der Waals surface area contributed by atoms with Gasteiger partial charge >= 0.3 is 5.69 Å². The first-order valence-electron chi connectivity index (χ1n) is 8.05. The Hall–Kier alpha value is -3.02. The Balaban J connectivity index is 1.77. The van der Waals surface area contributed by atoms with Gasteiger partial charge in [0.05, 0.1) is 23.8 Å². The van der Waals surface area contributed by atoms with Gasteiger partial charge in [-0.05, 0) is 17.7 Å². The van der Waals surface area contributed by atoms with Crippen molar-refractivity contribution in [3.8, 4) is 5.75 Å². The van der Waals surface area contributed by atoms with Crippen molar-refractivity contribution < 1.29 is 24.6 Å². The molecular weight excluding hydrogens is 362 g/mol. The fourth-order valence-electron chi connectivity index (χ4n) is 2.71. The molecule has 3 rings (SSSR count). The number of benzene rings is 1. The van der Waals surface area contributed by atoms with Crippen LogP contribution in [0.2, 0.25) is 0 Å². The Morgan fingerprint density at radius 2 is 2.04 bits per heavy atom. The van der Waals surface area contributed by atoms with Gasteiger partial charge < -0.3 is 19.7 Å². The minimum absolute atomic E-state index is 0.0489. The summed E-state index contributed by atoms with van der Waals surface area (Å²) in [5.74, 6) is -0.154. The summed E-state index contributed by atoms with van der Waals surface area (Å²) in [4.78, 5) is 36.2. The van der Waals surface area contributed by atoms with E-state index in [1.54, 1.807) is 0 Å². The number of nitro benzene ring substituents is 1. The van der Waals surface area contributed by atoms with Crippen LogP contribution in [0.1, 0.15) is 18.2 Å². The van der Waals surface area contributed by atoms with E-state index in [4.69, 9.17) is 14.6 Å². The van der Waals surface area contributed by atoms with Crippen molar-refractivity contribution in [2.75, 3.05) is 6.61 Å². The number of nitrogens with zero attached hydrogens (tertiary/aromatic N) is 2. The number of aromatic nitrogens is 2. The molecule has 1 aliphatic rings. The molecule has 0 spiro atoms. The maximum Gasteiger partial charge on any atom is 0.330 e. The quantitative estimate of drug-likeness (QED) is 0.455. The molecule has 144 valence electrons. The van der Waals surface area contributed by atoms with Gasteiger partial charge in [0.2, 0.25) is 5.75 Å². The summed E-state index contributed by atoms with van der Waals surface area (Å²) in [5, 5.41) is 29.6. The molecule has 0 amide bonds. The second-order valence-electron chi connectivity index (χ2n) is 5.99. The lowest BCUT2D eigenvalue weighted by atomic mass is 10.2. The maximum absolute atomic E-state index is 12.0. The Kier molecular flexibility index (Phi) is 5.35. The van der Waals surface area contributed by atoms with E-state index in [0.29, 0.717) is 5.56 Å². The van der Waals surface area contributed by atoms with E-state index in [0.717, 1.165) is 4.57 Å². The minimum atomic E-state index is -0.941. The number of hydrogen-bond donors (Lipinski definition) is 3. The van der Waals surface area contributed by atoms with Crippen LogP contribution < -0.4 is 16.0 Å². The summed E-state index contributed by atoms with van der Waals surface area (Å²) >= 11 is 0. The lowest BCUT2D eigenvalue weighted by molar-refractivity contribution is -0.384. The molecule has 1 fully saturated rings. The van der Waals surface area contributed by atoms with Crippen molar-refractivity contribution in [3.63, 3.8) is 0 Å². The van der Waals surface area contributed by atoms with Crippen LogP contribution in [-0.2, 0) is 11.3 Å². The molecular formula is C16H17N3O8. The Bertz CT molecular complexity index is 936. The third-order valence-corrected chi connectivity index (χ3v) is 4.17. The minimum Gasteiger partial charge on any atom is -0.482 e. The predicted molar refractivity (Wildman–Crippen MR) is 90.4 cm³/mol. The molecule has 3 atom stereocenters. The molecule has 1 saturated heterocycles. The third kappa shape index (κ3) is 4.05. The molecule has 1 aromatic carbocycles. The maximum atomic E-state index is 12.0. The van der Waals surface area contributed by atoms with Crippen molar-refractivity contribution in [1.29, 1.82) is 0 Å². The highest BCUT2D eigenvalue weighted by atomic mass is 16.6. The topological polar surface area (TPSA) is 157 Å². The number of aromatic amines is 1. The lowest BCUT2D eigenvalue weighted by Gasteiger charge is -2.15. The van der Waals surface area contributed by atoms with E-state index in [1.165, 1.54) is 30.5 Å². The van der Waals surface area contributed by atoms with Crippen LogP contribution in [0.15, 0.2) is 40.1 Å². The molecule has 2 heterocycles. The standard InChI is InChI=1S/C16H17N3O8/c20-7-13-11(21)5-14(27-13)18-6-12(15(22)17-16(18)23)26-8-9-1-3-10(4-2-9)19(24)25/h1-4,6,11,13-14,20-21H,5,7-8H2,(H,17,22,23)/t11-,13+,14+/m0/s1. The second kappa shape index (κ2) is 7.70. The van der Waals surface area contributed by atoms with Crippen molar-refractivity contribution >= 4 is 5.69 Å². The third-order valence-electron chi connectivity index (χ3n) is 4.17. The van der Waals surface area contributed by atoms with Gasteiger partial charge in [-0.2, -0.15) is 0 Å². The molecule has 1 aliphatic heterocycles. The smallest absolute Gasteiger partial charge is 0.330 e. The highest BCUT2D eigenvalue weighted by Crippen LogP contribution is 2.27. The summed E-state index contributed by atoms with van der Waals surface area (Å²) in [6.45, 7) is -0.452. The van der Waals surface area contributed by atoms with Gasteiger partial charge in [0.25, 0.3) is 11.2 Å². The first-order chi connectivity index (χ1) is 12.9. The van der Waals surface area contributed by atoms with Gasteiger partial charge in [-0.15, -0.1) is 0 Å². The largest absolute Gasteiger partial charge is 0.482 e. The first kappa shape index (κ1) is 18.8. The normalized spacial score (nSPS) is 21.9. The van der Waals surface area contributed by atoms with E-state index in [2.05, 4.69) is 4.98 Å². The van der Waals surface area contributed by atoms with E-state index >= 15 is 0 Å². The Morgan fingerprint density at radius 3 is 2.63 bits per heavy atom. The number of nitrogens with one attached hydrogen (secondary N) is 1. The number of nitro groups is 1. The zero-order valence-electron chi connectivity index (χ0n) is 14.0. The molecule has 0 unspecified atom stereocenters. The van der Waals surface area contributed by atoms with E-state index in [-0.39, 0.29) is 24.5 Å². The van der Waals surface area contributed by atoms with Crippen LogP contribution in [0.4, 0.5) is 5.69 Å². The van der Waals surface area contributed by atoms with Crippen molar-refractivity contribution in [3.05, 3.63) is 67.0 Å². The molecule has 2 aromatic rings. The number of non-ortho nitro benzene ring substituents is 1. The number of H-pyrrole nitrogens is 1. The van der Waals surface area contributed by atoms with E-state index < -0.39 is 41.2 Å². The van der Waals surface area contributed by atoms with Gasteiger partial charge in [0.1, 0.15) is 18.9 Å². The number of ether oxygens (including phenoxy) is 2. The molecule has 27 heavy (non-hydrogen) atoms.